The third-order valence-corrected chi connectivity index (χ3v) is 5.33. The fraction of sp³-hybridized carbons (Fsp3) is 1.00. The molecule has 2 rings (SSSR count). The number of nitrogens with one attached hydrogen (secondary N) is 1. The molecule has 2 bridgehead atoms. The van der Waals surface area contributed by atoms with Crippen molar-refractivity contribution in [3.8, 4) is 0 Å². The zero-order valence-electron chi connectivity index (χ0n) is 14.1. The first-order valence-electron chi connectivity index (χ1n) is 8.80. The molecule has 118 valence electrons. The third kappa shape index (κ3) is 4.21. The van der Waals surface area contributed by atoms with Crippen molar-refractivity contribution in [2.75, 3.05) is 26.3 Å². The molecule has 0 heterocycles. The van der Waals surface area contributed by atoms with Gasteiger partial charge in [0, 0.05) is 19.8 Å². The first-order chi connectivity index (χ1) is 9.52. The summed E-state index contributed by atoms with van der Waals surface area (Å²) in [6, 6.07) is 0. The highest BCUT2D eigenvalue weighted by Gasteiger charge is 2.49. The van der Waals surface area contributed by atoms with E-state index in [9.17, 15) is 0 Å². The molecule has 0 aromatic rings. The first-order valence-corrected chi connectivity index (χ1v) is 8.80. The Hall–Kier alpha value is -0.0800. The molecule has 0 aromatic heterocycles. The Morgan fingerprint density at radius 3 is 2.50 bits per heavy atom. The normalized spacial score (nSPS) is 32.7. The van der Waals surface area contributed by atoms with Crippen LogP contribution in [0.3, 0.4) is 0 Å². The smallest absolute Gasteiger partial charge is 0.0488 e. The van der Waals surface area contributed by atoms with Crippen molar-refractivity contribution >= 4 is 0 Å². The summed E-state index contributed by atoms with van der Waals surface area (Å²) >= 11 is 0. The summed E-state index contributed by atoms with van der Waals surface area (Å²) in [7, 11) is 0. The maximum Gasteiger partial charge on any atom is 0.0488 e. The third-order valence-electron chi connectivity index (χ3n) is 5.33. The molecular formula is C18H35NO. The van der Waals surface area contributed by atoms with Crippen molar-refractivity contribution in [2.45, 2.75) is 59.8 Å². The Morgan fingerprint density at radius 2 is 1.95 bits per heavy atom. The minimum Gasteiger partial charge on any atom is -0.381 e. The zero-order valence-corrected chi connectivity index (χ0v) is 14.1. The van der Waals surface area contributed by atoms with E-state index in [-0.39, 0.29) is 0 Å². The molecule has 2 fully saturated rings. The van der Waals surface area contributed by atoms with E-state index in [1.165, 1.54) is 38.6 Å². The van der Waals surface area contributed by atoms with Gasteiger partial charge in [-0.3, -0.25) is 0 Å². The summed E-state index contributed by atoms with van der Waals surface area (Å²) in [6.07, 6.45) is 7.18. The van der Waals surface area contributed by atoms with Crippen LogP contribution in [0, 0.1) is 29.1 Å². The molecular weight excluding hydrogens is 246 g/mol. The predicted molar refractivity (Wildman–Crippen MR) is 85.9 cm³/mol. The lowest BCUT2D eigenvalue weighted by Gasteiger charge is -2.38. The molecule has 2 nitrogen and oxygen atoms in total. The fourth-order valence-corrected chi connectivity index (χ4v) is 4.37. The van der Waals surface area contributed by atoms with E-state index < -0.39 is 0 Å². The van der Waals surface area contributed by atoms with Crippen LogP contribution in [0.5, 0.6) is 0 Å². The maximum absolute atomic E-state index is 5.89. The zero-order chi connectivity index (χ0) is 14.6. The average Bonchev–Trinajstić information content (AvgIpc) is 2.95. The molecule has 0 saturated heterocycles. The molecule has 2 aliphatic rings. The Labute approximate surface area is 126 Å². The number of fused-ring (bicyclic) bond motifs is 2. The molecule has 0 spiro atoms. The lowest BCUT2D eigenvalue weighted by molar-refractivity contribution is 0.0514. The molecule has 2 aliphatic carbocycles. The monoisotopic (exact) mass is 281 g/mol. The second kappa shape index (κ2) is 7.26. The van der Waals surface area contributed by atoms with Crippen LogP contribution in [0.4, 0.5) is 0 Å². The van der Waals surface area contributed by atoms with Gasteiger partial charge in [0.25, 0.3) is 0 Å². The lowest BCUT2D eigenvalue weighted by atomic mass is 9.71. The molecule has 2 saturated carbocycles. The number of ether oxygens (including phenoxy) is 1. The van der Waals surface area contributed by atoms with Crippen molar-refractivity contribution in [1.82, 2.24) is 5.32 Å². The van der Waals surface area contributed by atoms with Gasteiger partial charge in [0.2, 0.25) is 0 Å². The number of hydrogen-bond donors (Lipinski definition) is 1. The SMILES string of the molecule is CC(C)CNCC1(CCOCC(C)C)CC2CCC1C2. The van der Waals surface area contributed by atoms with Gasteiger partial charge in [-0.1, -0.05) is 34.1 Å². The van der Waals surface area contributed by atoms with Crippen molar-refractivity contribution < 1.29 is 4.74 Å². The molecule has 0 radical (unpaired) electrons. The second-order valence-corrected chi connectivity index (χ2v) is 8.19. The molecule has 0 amide bonds. The second-order valence-electron chi connectivity index (χ2n) is 8.19. The highest BCUT2D eigenvalue weighted by molar-refractivity contribution is 5.01. The minimum absolute atomic E-state index is 0.550. The van der Waals surface area contributed by atoms with Crippen LogP contribution < -0.4 is 5.32 Å². The molecule has 0 aromatic carbocycles. The molecule has 1 N–H and O–H groups in total. The molecule has 3 unspecified atom stereocenters. The van der Waals surface area contributed by atoms with E-state index in [1.54, 1.807) is 0 Å². The highest BCUT2D eigenvalue weighted by atomic mass is 16.5. The van der Waals surface area contributed by atoms with E-state index in [0.29, 0.717) is 11.3 Å². The largest absolute Gasteiger partial charge is 0.381 e. The van der Waals surface area contributed by atoms with Gasteiger partial charge < -0.3 is 10.1 Å². The van der Waals surface area contributed by atoms with Crippen molar-refractivity contribution in [3.63, 3.8) is 0 Å². The molecule has 2 heteroatoms. The number of rotatable bonds is 9. The van der Waals surface area contributed by atoms with Crippen molar-refractivity contribution in [2.24, 2.45) is 29.1 Å². The van der Waals surface area contributed by atoms with E-state index in [0.717, 1.165) is 37.5 Å². The van der Waals surface area contributed by atoms with E-state index in [4.69, 9.17) is 4.74 Å². The van der Waals surface area contributed by atoms with Gasteiger partial charge in [-0.15, -0.1) is 0 Å². The Bertz CT molecular complexity index is 289. The van der Waals surface area contributed by atoms with E-state index in [2.05, 4.69) is 33.0 Å². The van der Waals surface area contributed by atoms with Gasteiger partial charge in [-0.25, -0.2) is 0 Å². The van der Waals surface area contributed by atoms with Gasteiger partial charge in [-0.05, 0) is 61.3 Å². The maximum atomic E-state index is 5.89. The van der Waals surface area contributed by atoms with Gasteiger partial charge in [0.05, 0.1) is 0 Å². The molecule has 20 heavy (non-hydrogen) atoms. The van der Waals surface area contributed by atoms with Crippen LogP contribution in [-0.2, 0) is 4.74 Å². The van der Waals surface area contributed by atoms with Crippen molar-refractivity contribution in [1.29, 1.82) is 0 Å². The highest BCUT2D eigenvalue weighted by Crippen LogP contribution is 2.57. The Balaban J connectivity index is 1.81. The van der Waals surface area contributed by atoms with Crippen LogP contribution in [0.2, 0.25) is 0 Å². The van der Waals surface area contributed by atoms with Gasteiger partial charge in [0.1, 0.15) is 0 Å². The van der Waals surface area contributed by atoms with Gasteiger partial charge >= 0.3 is 0 Å². The summed E-state index contributed by atoms with van der Waals surface area (Å²) in [5.74, 6) is 3.40. The summed E-state index contributed by atoms with van der Waals surface area (Å²) < 4.78 is 5.89. The average molecular weight is 281 g/mol. The summed E-state index contributed by atoms with van der Waals surface area (Å²) in [4.78, 5) is 0. The standard InChI is InChI=1S/C18H35NO/c1-14(2)11-19-13-18(7-8-20-12-15(3)4)10-16-5-6-17(18)9-16/h14-17,19H,5-13H2,1-4H3. The van der Waals surface area contributed by atoms with Crippen molar-refractivity contribution in [3.05, 3.63) is 0 Å². The molecule has 3 atom stereocenters. The summed E-state index contributed by atoms with van der Waals surface area (Å²) in [5, 5.41) is 3.75. The van der Waals surface area contributed by atoms with Crippen LogP contribution in [-0.4, -0.2) is 26.3 Å². The van der Waals surface area contributed by atoms with E-state index >= 15 is 0 Å². The minimum atomic E-state index is 0.550. The predicted octanol–water partition coefficient (Wildman–Crippen LogP) is 4.10. The Kier molecular flexibility index (Phi) is 5.92. The van der Waals surface area contributed by atoms with Gasteiger partial charge in [-0.2, -0.15) is 0 Å². The lowest BCUT2D eigenvalue weighted by Crippen LogP contribution is -2.40. The first kappa shape index (κ1) is 16.3. The van der Waals surface area contributed by atoms with Crippen LogP contribution in [0.1, 0.15) is 59.8 Å². The number of hydrogen-bond acceptors (Lipinski definition) is 2. The molecule has 0 aliphatic heterocycles. The summed E-state index contributed by atoms with van der Waals surface area (Å²) in [6.45, 7) is 13.3. The van der Waals surface area contributed by atoms with E-state index in [1.807, 2.05) is 0 Å². The van der Waals surface area contributed by atoms with Crippen LogP contribution in [0.25, 0.3) is 0 Å². The van der Waals surface area contributed by atoms with Crippen LogP contribution >= 0.6 is 0 Å². The van der Waals surface area contributed by atoms with Crippen LogP contribution in [0.15, 0.2) is 0 Å². The Morgan fingerprint density at radius 1 is 1.15 bits per heavy atom. The fourth-order valence-electron chi connectivity index (χ4n) is 4.37. The van der Waals surface area contributed by atoms with Gasteiger partial charge in [0.15, 0.2) is 0 Å². The topological polar surface area (TPSA) is 21.3 Å². The quantitative estimate of drug-likeness (QED) is 0.642. The summed E-state index contributed by atoms with van der Waals surface area (Å²) in [5.41, 5.74) is 0.550.